The summed E-state index contributed by atoms with van der Waals surface area (Å²) in [6.07, 6.45) is 1.42. The van der Waals surface area contributed by atoms with Crippen molar-refractivity contribution in [3.8, 4) is 0 Å². The molecule has 0 radical (unpaired) electrons. The molecule has 0 fully saturated rings. The zero-order valence-corrected chi connectivity index (χ0v) is 7.77. The van der Waals surface area contributed by atoms with Gasteiger partial charge in [-0.3, -0.25) is 4.21 Å². The molecular weight excluding hydrogens is 162 g/mol. The summed E-state index contributed by atoms with van der Waals surface area (Å²) in [5, 5.41) is 9.01. The van der Waals surface area contributed by atoms with E-state index in [9.17, 15) is 4.21 Å². The molecule has 0 amide bonds. The Bertz CT molecular complexity index is 119. The molecule has 0 aromatic heterocycles. The Labute approximate surface area is 70.4 Å². The van der Waals surface area contributed by atoms with Crippen LogP contribution in [-0.2, 0) is 10.8 Å². The third-order valence-electron chi connectivity index (χ3n) is 1.38. The van der Waals surface area contributed by atoms with Crippen LogP contribution in [0.5, 0.6) is 0 Å². The number of aliphatic hydroxyl groups excluding tert-OH is 1. The Morgan fingerprint density at radius 2 is 2.27 bits per heavy atom. The Morgan fingerprint density at radius 3 is 2.73 bits per heavy atom. The van der Waals surface area contributed by atoms with Crippen LogP contribution in [0.25, 0.3) is 0 Å². The first-order chi connectivity index (χ1) is 5.20. The SMILES string of the molecule is CCCCS(=O)CC(O)CN. The average Bonchev–Trinajstić information content (AvgIpc) is 2.00. The first kappa shape index (κ1) is 11.1. The highest BCUT2D eigenvalue weighted by Gasteiger charge is 2.06. The van der Waals surface area contributed by atoms with Crippen LogP contribution in [0.1, 0.15) is 19.8 Å². The van der Waals surface area contributed by atoms with Crippen LogP contribution in [0.2, 0.25) is 0 Å². The molecule has 4 heteroatoms. The molecule has 0 rings (SSSR count). The lowest BCUT2D eigenvalue weighted by molar-refractivity contribution is 0.207. The van der Waals surface area contributed by atoms with Crippen molar-refractivity contribution in [1.29, 1.82) is 0 Å². The van der Waals surface area contributed by atoms with Gasteiger partial charge < -0.3 is 10.8 Å². The third kappa shape index (κ3) is 6.47. The van der Waals surface area contributed by atoms with Crippen molar-refractivity contribution in [2.45, 2.75) is 25.9 Å². The van der Waals surface area contributed by atoms with Crippen molar-refractivity contribution >= 4 is 10.8 Å². The molecule has 0 bridgehead atoms. The number of aliphatic hydroxyl groups is 1. The molecule has 0 aliphatic heterocycles. The summed E-state index contributed by atoms with van der Waals surface area (Å²) in [5.74, 6) is 1.02. The van der Waals surface area contributed by atoms with Gasteiger partial charge in [0.05, 0.1) is 11.9 Å². The van der Waals surface area contributed by atoms with Crippen LogP contribution in [-0.4, -0.2) is 33.5 Å². The lowest BCUT2D eigenvalue weighted by atomic mass is 10.4. The Morgan fingerprint density at radius 1 is 1.64 bits per heavy atom. The largest absolute Gasteiger partial charge is 0.391 e. The van der Waals surface area contributed by atoms with Gasteiger partial charge in [-0.1, -0.05) is 13.3 Å². The van der Waals surface area contributed by atoms with Gasteiger partial charge in [0, 0.05) is 23.1 Å². The van der Waals surface area contributed by atoms with E-state index < -0.39 is 16.9 Å². The minimum absolute atomic E-state index is 0.206. The second-order valence-corrected chi connectivity index (χ2v) is 4.17. The molecule has 0 heterocycles. The van der Waals surface area contributed by atoms with Crippen molar-refractivity contribution in [3.63, 3.8) is 0 Å². The third-order valence-corrected chi connectivity index (χ3v) is 2.88. The van der Waals surface area contributed by atoms with Crippen LogP contribution in [0.15, 0.2) is 0 Å². The van der Waals surface area contributed by atoms with Gasteiger partial charge in [0.15, 0.2) is 0 Å². The molecule has 0 saturated heterocycles. The Balaban J connectivity index is 3.36. The quantitative estimate of drug-likeness (QED) is 0.596. The highest BCUT2D eigenvalue weighted by atomic mass is 32.2. The van der Waals surface area contributed by atoms with Crippen molar-refractivity contribution in [2.75, 3.05) is 18.1 Å². The molecule has 68 valence electrons. The summed E-state index contributed by atoms with van der Waals surface area (Å²) in [5.41, 5.74) is 5.16. The molecule has 0 aliphatic carbocycles. The molecule has 0 aromatic rings. The van der Waals surface area contributed by atoms with Crippen molar-refractivity contribution in [3.05, 3.63) is 0 Å². The molecule has 3 nitrogen and oxygen atoms in total. The summed E-state index contributed by atoms with van der Waals surface area (Å²) in [4.78, 5) is 0. The van der Waals surface area contributed by atoms with Gasteiger partial charge in [0.2, 0.25) is 0 Å². The monoisotopic (exact) mass is 179 g/mol. The van der Waals surface area contributed by atoms with Crippen LogP contribution >= 0.6 is 0 Å². The average molecular weight is 179 g/mol. The van der Waals surface area contributed by atoms with E-state index in [0.29, 0.717) is 11.5 Å². The summed E-state index contributed by atoms with van der Waals surface area (Å²) < 4.78 is 11.1. The van der Waals surface area contributed by atoms with Crippen molar-refractivity contribution in [2.24, 2.45) is 5.73 Å². The first-order valence-electron chi connectivity index (χ1n) is 3.93. The molecule has 0 spiro atoms. The highest BCUT2D eigenvalue weighted by molar-refractivity contribution is 7.85. The van der Waals surface area contributed by atoms with Crippen LogP contribution in [0.4, 0.5) is 0 Å². The van der Waals surface area contributed by atoms with E-state index in [1.807, 2.05) is 0 Å². The number of rotatable bonds is 6. The van der Waals surface area contributed by atoms with Crippen molar-refractivity contribution < 1.29 is 9.32 Å². The summed E-state index contributed by atoms with van der Waals surface area (Å²) >= 11 is 0. The lowest BCUT2D eigenvalue weighted by Gasteiger charge is -2.05. The highest BCUT2D eigenvalue weighted by Crippen LogP contribution is 1.94. The molecule has 2 unspecified atom stereocenters. The van der Waals surface area contributed by atoms with Gasteiger partial charge >= 0.3 is 0 Å². The molecule has 3 N–H and O–H groups in total. The zero-order chi connectivity index (χ0) is 8.69. The number of hydrogen-bond donors (Lipinski definition) is 2. The number of hydrogen-bond acceptors (Lipinski definition) is 3. The molecule has 0 aliphatic rings. The fourth-order valence-electron chi connectivity index (χ4n) is 0.671. The molecule has 2 atom stereocenters. The van der Waals surface area contributed by atoms with E-state index >= 15 is 0 Å². The zero-order valence-electron chi connectivity index (χ0n) is 6.95. The maximum absolute atomic E-state index is 11.1. The van der Waals surface area contributed by atoms with Gasteiger partial charge in [0.1, 0.15) is 0 Å². The Kier molecular flexibility index (Phi) is 6.80. The van der Waals surface area contributed by atoms with Crippen LogP contribution in [0.3, 0.4) is 0 Å². The van der Waals surface area contributed by atoms with Gasteiger partial charge in [-0.25, -0.2) is 0 Å². The number of unbranched alkanes of at least 4 members (excludes halogenated alkanes) is 1. The minimum Gasteiger partial charge on any atom is -0.391 e. The van der Waals surface area contributed by atoms with E-state index in [0.717, 1.165) is 12.8 Å². The normalized spacial score (nSPS) is 16.3. The number of nitrogens with two attached hydrogens (primary N) is 1. The fourth-order valence-corrected chi connectivity index (χ4v) is 2.01. The van der Waals surface area contributed by atoms with E-state index in [-0.39, 0.29) is 6.54 Å². The summed E-state index contributed by atoms with van der Waals surface area (Å²) in [6.45, 7) is 2.26. The van der Waals surface area contributed by atoms with E-state index in [1.54, 1.807) is 0 Å². The summed E-state index contributed by atoms with van der Waals surface area (Å²) in [7, 11) is -0.880. The van der Waals surface area contributed by atoms with Crippen molar-refractivity contribution in [1.82, 2.24) is 0 Å². The van der Waals surface area contributed by atoms with Gasteiger partial charge in [-0.05, 0) is 6.42 Å². The topological polar surface area (TPSA) is 63.3 Å². The van der Waals surface area contributed by atoms with Gasteiger partial charge in [0.25, 0.3) is 0 Å². The molecule has 0 saturated carbocycles. The Hall–Kier alpha value is 0.0700. The minimum atomic E-state index is -0.880. The molecular formula is C7H17NO2S. The standard InChI is InChI=1S/C7H17NO2S/c1-2-3-4-11(10)6-7(9)5-8/h7,9H,2-6,8H2,1H3. The first-order valence-corrected chi connectivity index (χ1v) is 5.42. The molecule has 11 heavy (non-hydrogen) atoms. The smallest absolute Gasteiger partial charge is 0.0777 e. The predicted molar refractivity (Wildman–Crippen MR) is 47.8 cm³/mol. The summed E-state index contributed by atoms with van der Waals surface area (Å²) in [6, 6.07) is 0. The van der Waals surface area contributed by atoms with Crippen LogP contribution in [0, 0.1) is 0 Å². The second-order valence-electron chi connectivity index (χ2n) is 2.55. The second kappa shape index (κ2) is 6.76. The van der Waals surface area contributed by atoms with Gasteiger partial charge in [-0.2, -0.15) is 0 Å². The maximum Gasteiger partial charge on any atom is 0.0777 e. The van der Waals surface area contributed by atoms with E-state index in [2.05, 4.69) is 6.92 Å². The predicted octanol–water partition coefficient (Wildman–Crippen LogP) is -0.145. The van der Waals surface area contributed by atoms with Crippen LogP contribution < -0.4 is 5.73 Å². The maximum atomic E-state index is 11.1. The lowest BCUT2D eigenvalue weighted by Crippen LogP contribution is -2.26. The fraction of sp³-hybridized carbons (Fsp3) is 1.00. The van der Waals surface area contributed by atoms with E-state index in [4.69, 9.17) is 10.8 Å². The van der Waals surface area contributed by atoms with Gasteiger partial charge in [-0.15, -0.1) is 0 Å². The molecule has 0 aromatic carbocycles. The van der Waals surface area contributed by atoms with E-state index in [1.165, 1.54) is 0 Å².